The van der Waals surface area contributed by atoms with Crippen molar-refractivity contribution >= 4 is 10.2 Å². The van der Waals surface area contributed by atoms with Crippen LogP contribution in [0.15, 0.2) is 0 Å². The lowest BCUT2D eigenvalue weighted by Gasteiger charge is -2.17. The Labute approximate surface area is 83.1 Å². The molecule has 2 N–H and O–H groups in total. The van der Waals surface area contributed by atoms with Crippen LogP contribution in [0, 0.1) is 0 Å². The summed E-state index contributed by atoms with van der Waals surface area (Å²) in [6, 6.07) is -0.240. The zero-order chi connectivity index (χ0) is 10.9. The zero-order valence-corrected chi connectivity index (χ0v) is 8.96. The predicted molar refractivity (Wildman–Crippen MR) is 49.7 cm³/mol. The van der Waals surface area contributed by atoms with E-state index in [9.17, 15) is 12.8 Å². The monoisotopic (exact) mass is 226 g/mol. The van der Waals surface area contributed by atoms with Gasteiger partial charge in [0, 0.05) is 19.1 Å². The molecule has 0 saturated carbocycles. The predicted octanol–water partition coefficient (Wildman–Crippen LogP) is -0.756. The van der Waals surface area contributed by atoms with Gasteiger partial charge in [-0.25, -0.2) is 4.39 Å². The highest BCUT2D eigenvalue weighted by Gasteiger charge is 2.37. The molecule has 0 aliphatic carbocycles. The van der Waals surface area contributed by atoms with Crippen molar-refractivity contribution in [3.8, 4) is 0 Å². The molecule has 84 valence electrons. The standard InChI is InChI=1S/C7H15FN2O3S/c1-5(2)9-14(12,13)10-3-6(8)7(11)4-10/h5-7,9,11H,3-4H2,1-2H3/t6-,7-/m1/s1. The maximum atomic E-state index is 12.9. The summed E-state index contributed by atoms with van der Waals surface area (Å²) in [6.07, 6.45) is -2.70. The summed E-state index contributed by atoms with van der Waals surface area (Å²) in [5.41, 5.74) is 0. The molecule has 0 aromatic heterocycles. The molecule has 1 fully saturated rings. The molecule has 1 aliphatic rings. The van der Waals surface area contributed by atoms with Crippen LogP contribution in [0.3, 0.4) is 0 Å². The maximum Gasteiger partial charge on any atom is 0.279 e. The van der Waals surface area contributed by atoms with Crippen LogP contribution < -0.4 is 4.72 Å². The first kappa shape index (κ1) is 11.8. The number of β-amino-alcohol motifs (C(OH)–C–C–N with tert-alkyl or cyclic N) is 1. The van der Waals surface area contributed by atoms with Crippen LogP contribution in [-0.4, -0.2) is 49.2 Å². The smallest absolute Gasteiger partial charge is 0.279 e. The molecule has 0 bridgehead atoms. The van der Waals surface area contributed by atoms with Crippen molar-refractivity contribution in [3.63, 3.8) is 0 Å². The van der Waals surface area contributed by atoms with Crippen LogP contribution in [0.4, 0.5) is 4.39 Å². The Bertz CT molecular complexity index is 283. The second-order valence-corrected chi connectivity index (χ2v) is 5.38. The van der Waals surface area contributed by atoms with E-state index in [1.807, 2.05) is 0 Å². The first-order valence-electron chi connectivity index (χ1n) is 4.42. The normalized spacial score (nSPS) is 30.1. The number of halogens is 1. The summed E-state index contributed by atoms with van der Waals surface area (Å²) in [5, 5.41) is 9.06. The minimum Gasteiger partial charge on any atom is -0.389 e. The fourth-order valence-electron chi connectivity index (χ4n) is 1.28. The molecule has 0 spiro atoms. The van der Waals surface area contributed by atoms with Crippen LogP contribution in [0.1, 0.15) is 13.8 Å². The van der Waals surface area contributed by atoms with Gasteiger partial charge >= 0.3 is 0 Å². The van der Waals surface area contributed by atoms with E-state index in [-0.39, 0.29) is 19.1 Å². The number of nitrogens with zero attached hydrogens (tertiary/aromatic N) is 1. The molecule has 0 radical (unpaired) electrons. The Morgan fingerprint density at radius 3 is 2.43 bits per heavy atom. The third-order valence-corrected chi connectivity index (χ3v) is 3.66. The lowest BCUT2D eigenvalue weighted by atomic mass is 10.3. The SMILES string of the molecule is CC(C)NS(=O)(=O)N1C[C@@H](O)[C@H](F)C1. The van der Waals surface area contributed by atoms with Gasteiger partial charge in [0.2, 0.25) is 0 Å². The second kappa shape index (κ2) is 4.09. The van der Waals surface area contributed by atoms with Crippen LogP contribution >= 0.6 is 0 Å². The van der Waals surface area contributed by atoms with E-state index in [1.165, 1.54) is 0 Å². The number of rotatable bonds is 3. The van der Waals surface area contributed by atoms with Crippen molar-refractivity contribution in [1.82, 2.24) is 9.03 Å². The lowest BCUT2D eigenvalue weighted by Crippen LogP contribution is -2.42. The average molecular weight is 226 g/mol. The average Bonchev–Trinajstić information content (AvgIpc) is 2.30. The van der Waals surface area contributed by atoms with Crippen LogP contribution in [-0.2, 0) is 10.2 Å². The van der Waals surface area contributed by atoms with Crippen LogP contribution in [0.5, 0.6) is 0 Å². The number of hydrogen-bond donors (Lipinski definition) is 2. The Morgan fingerprint density at radius 2 is 2.07 bits per heavy atom. The van der Waals surface area contributed by atoms with Crippen molar-refractivity contribution in [2.45, 2.75) is 32.2 Å². The highest BCUT2D eigenvalue weighted by Crippen LogP contribution is 2.16. The quantitative estimate of drug-likeness (QED) is 0.665. The topological polar surface area (TPSA) is 69.6 Å². The number of nitrogens with one attached hydrogen (secondary N) is 1. The molecular weight excluding hydrogens is 211 g/mol. The maximum absolute atomic E-state index is 12.9. The summed E-state index contributed by atoms with van der Waals surface area (Å²) in [5.74, 6) is 0. The van der Waals surface area contributed by atoms with Crippen molar-refractivity contribution in [3.05, 3.63) is 0 Å². The van der Waals surface area contributed by atoms with E-state index in [1.54, 1.807) is 13.8 Å². The van der Waals surface area contributed by atoms with Crippen LogP contribution in [0.25, 0.3) is 0 Å². The van der Waals surface area contributed by atoms with E-state index >= 15 is 0 Å². The van der Waals surface area contributed by atoms with E-state index < -0.39 is 22.5 Å². The number of aliphatic hydroxyl groups excluding tert-OH is 1. The second-order valence-electron chi connectivity index (χ2n) is 3.68. The summed E-state index contributed by atoms with van der Waals surface area (Å²) in [4.78, 5) is 0. The van der Waals surface area contributed by atoms with Gasteiger partial charge in [-0.3, -0.25) is 0 Å². The van der Waals surface area contributed by atoms with Gasteiger partial charge in [-0.1, -0.05) is 0 Å². The largest absolute Gasteiger partial charge is 0.389 e. The van der Waals surface area contributed by atoms with E-state index in [0.29, 0.717) is 0 Å². The zero-order valence-electron chi connectivity index (χ0n) is 8.14. The highest BCUT2D eigenvalue weighted by molar-refractivity contribution is 7.87. The molecule has 14 heavy (non-hydrogen) atoms. The van der Waals surface area contributed by atoms with E-state index in [0.717, 1.165) is 4.31 Å². The number of aliphatic hydroxyl groups is 1. The van der Waals surface area contributed by atoms with E-state index in [2.05, 4.69) is 4.72 Å². The van der Waals surface area contributed by atoms with Crippen molar-refractivity contribution in [2.24, 2.45) is 0 Å². The van der Waals surface area contributed by atoms with Gasteiger partial charge in [-0.2, -0.15) is 17.4 Å². The fraction of sp³-hybridized carbons (Fsp3) is 1.00. The fourth-order valence-corrected chi connectivity index (χ4v) is 2.71. The summed E-state index contributed by atoms with van der Waals surface area (Å²) >= 11 is 0. The third kappa shape index (κ3) is 2.63. The van der Waals surface area contributed by atoms with Gasteiger partial charge in [-0.15, -0.1) is 0 Å². The highest BCUT2D eigenvalue weighted by atomic mass is 32.2. The third-order valence-electron chi connectivity index (χ3n) is 1.91. The molecule has 1 heterocycles. The molecule has 1 saturated heterocycles. The van der Waals surface area contributed by atoms with Gasteiger partial charge in [0.1, 0.15) is 12.3 Å². The summed E-state index contributed by atoms with van der Waals surface area (Å²) < 4.78 is 39.0. The minimum atomic E-state index is -3.64. The molecule has 0 unspecified atom stereocenters. The van der Waals surface area contributed by atoms with Gasteiger partial charge in [0.25, 0.3) is 10.2 Å². The molecule has 1 aliphatic heterocycles. The van der Waals surface area contributed by atoms with Crippen LogP contribution in [0.2, 0.25) is 0 Å². The van der Waals surface area contributed by atoms with E-state index in [4.69, 9.17) is 5.11 Å². The van der Waals surface area contributed by atoms with Gasteiger partial charge < -0.3 is 5.11 Å². The summed E-state index contributed by atoms with van der Waals surface area (Å²) in [7, 11) is -3.64. The molecule has 2 atom stereocenters. The minimum absolute atomic E-state index is 0.177. The first-order valence-corrected chi connectivity index (χ1v) is 5.86. The van der Waals surface area contributed by atoms with Gasteiger partial charge in [0.05, 0.1) is 0 Å². The lowest BCUT2D eigenvalue weighted by molar-refractivity contribution is 0.117. The van der Waals surface area contributed by atoms with Gasteiger partial charge in [-0.05, 0) is 13.8 Å². The molecule has 0 aromatic carbocycles. The Kier molecular flexibility index (Phi) is 3.46. The Morgan fingerprint density at radius 1 is 1.50 bits per heavy atom. The first-order chi connectivity index (χ1) is 6.33. The number of hydrogen-bond acceptors (Lipinski definition) is 3. The van der Waals surface area contributed by atoms with Crippen molar-refractivity contribution in [2.75, 3.05) is 13.1 Å². The molecule has 5 nitrogen and oxygen atoms in total. The van der Waals surface area contributed by atoms with Crippen molar-refractivity contribution < 1.29 is 17.9 Å². The van der Waals surface area contributed by atoms with Crippen molar-refractivity contribution in [1.29, 1.82) is 0 Å². The Balaban J connectivity index is 2.66. The molecule has 1 rings (SSSR count). The molecule has 0 amide bonds. The molecular formula is C7H15FN2O3S. The number of alkyl halides is 1. The molecule has 0 aromatic rings. The Hall–Kier alpha value is -0.240. The van der Waals surface area contributed by atoms with Gasteiger partial charge in [0.15, 0.2) is 0 Å². The molecule has 7 heteroatoms. The summed E-state index contributed by atoms with van der Waals surface area (Å²) in [6.45, 7) is 2.90.